The van der Waals surface area contributed by atoms with E-state index in [0.717, 1.165) is 12.1 Å². The Morgan fingerprint density at radius 2 is 2.45 bits per heavy atom. The molecule has 4 N–H and O–H groups in total. The van der Waals surface area contributed by atoms with Crippen molar-refractivity contribution in [2.75, 3.05) is 5.73 Å². The lowest BCUT2D eigenvalue weighted by molar-refractivity contribution is 0.0691. The molecular formula is C7H10N2O2. The average Bonchev–Trinajstić information content (AvgIpc) is 2.31. The third-order valence-electron chi connectivity index (χ3n) is 1.52. The van der Waals surface area contributed by atoms with Gasteiger partial charge in [-0.05, 0) is 12.5 Å². The smallest absolute Gasteiger partial charge is 0.352 e. The second-order valence-electron chi connectivity index (χ2n) is 2.28. The lowest BCUT2D eigenvalue weighted by Crippen LogP contribution is -1.95. The van der Waals surface area contributed by atoms with Crippen LogP contribution in [0.5, 0.6) is 0 Å². The van der Waals surface area contributed by atoms with Gasteiger partial charge in [0.05, 0.1) is 5.69 Å². The van der Waals surface area contributed by atoms with Crippen molar-refractivity contribution in [3.05, 3.63) is 17.5 Å². The third kappa shape index (κ3) is 1.34. The molecule has 0 aromatic carbocycles. The minimum absolute atomic E-state index is 0.152. The van der Waals surface area contributed by atoms with Gasteiger partial charge in [0.1, 0.15) is 5.69 Å². The molecule has 0 bridgehead atoms. The van der Waals surface area contributed by atoms with Gasteiger partial charge < -0.3 is 15.8 Å². The van der Waals surface area contributed by atoms with Crippen LogP contribution in [0.1, 0.15) is 23.1 Å². The molecule has 1 aromatic rings. The molecule has 0 aliphatic rings. The van der Waals surface area contributed by atoms with Crippen molar-refractivity contribution in [3.63, 3.8) is 0 Å². The number of anilines is 1. The Balaban J connectivity index is 3.05. The Morgan fingerprint density at radius 1 is 1.82 bits per heavy atom. The van der Waals surface area contributed by atoms with Gasteiger partial charge in [0, 0.05) is 5.69 Å². The second kappa shape index (κ2) is 2.65. The minimum Gasteiger partial charge on any atom is -0.477 e. The van der Waals surface area contributed by atoms with Crippen LogP contribution in [0.4, 0.5) is 5.69 Å². The van der Waals surface area contributed by atoms with Gasteiger partial charge >= 0.3 is 5.97 Å². The van der Waals surface area contributed by atoms with Crippen molar-refractivity contribution < 1.29 is 9.90 Å². The van der Waals surface area contributed by atoms with Crippen LogP contribution in [0.3, 0.4) is 0 Å². The van der Waals surface area contributed by atoms with Crippen LogP contribution in [-0.4, -0.2) is 16.1 Å². The maximum absolute atomic E-state index is 10.4. The number of carbonyl (C=O) groups is 1. The van der Waals surface area contributed by atoms with E-state index in [1.54, 1.807) is 0 Å². The number of aromatic nitrogens is 1. The third-order valence-corrected chi connectivity index (χ3v) is 1.52. The number of aromatic amines is 1. The number of carboxylic acid groups (broad SMARTS) is 1. The quantitative estimate of drug-likeness (QED) is 0.591. The van der Waals surface area contributed by atoms with Crippen molar-refractivity contribution in [2.24, 2.45) is 0 Å². The molecule has 0 spiro atoms. The van der Waals surface area contributed by atoms with E-state index in [1.165, 1.54) is 6.07 Å². The maximum atomic E-state index is 10.4. The fourth-order valence-electron chi connectivity index (χ4n) is 0.921. The van der Waals surface area contributed by atoms with Gasteiger partial charge in [-0.25, -0.2) is 4.79 Å². The molecule has 60 valence electrons. The number of carboxylic acids is 1. The molecule has 0 fully saturated rings. The SMILES string of the molecule is CCc1[nH]c(C(=O)O)cc1N. The summed E-state index contributed by atoms with van der Waals surface area (Å²) in [7, 11) is 0. The first kappa shape index (κ1) is 7.65. The summed E-state index contributed by atoms with van der Waals surface area (Å²) in [6.45, 7) is 1.91. The highest BCUT2D eigenvalue weighted by atomic mass is 16.4. The molecule has 1 rings (SSSR count). The normalized spacial score (nSPS) is 9.91. The van der Waals surface area contributed by atoms with Gasteiger partial charge in [0.2, 0.25) is 0 Å². The van der Waals surface area contributed by atoms with E-state index in [0.29, 0.717) is 5.69 Å². The summed E-state index contributed by atoms with van der Waals surface area (Å²) >= 11 is 0. The van der Waals surface area contributed by atoms with E-state index in [4.69, 9.17) is 10.8 Å². The molecule has 0 radical (unpaired) electrons. The van der Waals surface area contributed by atoms with E-state index >= 15 is 0 Å². The number of nitrogens with two attached hydrogens (primary N) is 1. The number of H-pyrrole nitrogens is 1. The van der Waals surface area contributed by atoms with E-state index in [-0.39, 0.29) is 5.69 Å². The van der Waals surface area contributed by atoms with Crippen molar-refractivity contribution in [2.45, 2.75) is 13.3 Å². The Hall–Kier alpha value is -1.45. The Morgan fingerprint density at radius 3 is 2.73 bits per heavy atom. The molecule has 0 unspecified atom stereocenters. The fourth-order valence-corrected chi connectivity index (χ4v) is 0.921. The van der Waals surface area contributed by atoms with E-state index in [2.05, 4.69) is 4.98 Å². The second-order valence-corrected chi connectivity index (χ2v) is 2.28. The zero-order chi connectivity index (χ0) is 8.43. The monoisotopic (exact) mass is 154 g/mol. The summed E-state index contributed by atoms with van der Waals surface area (Å²) in [5.74, 6) is -0.976. The van der Waals surface area contributed by atoms with Crippen molar-refractivity contribution >= 4 is 11.7 Å². The van der Waals surface area contributed by atoms with Gasteiger partial charge in [0.15, 0.2) is 0 Å². The standard InChI is InChI=1S/C7H10N2O2/c1-2-5-4(8)3-6(9-5)7(10)11/h3,9H,2,8H2,1H3,(H,10,11). The van der Waals surface area contributed by atoms with E-state index < -0.39 is 5.97 Å². The predicted octanol–water partition coefficient (Wildman–Crippen LogP) is 0.857. The zero-order valence-electron chi connectivity index (χ0n) is 6.22. The van der Waals surface area contributed by atoms with E-state index in [1.807, 2.05) is 6.92 Å². The van der Waals surface area contributed by atoms with Crippen LogP contribution >= 0.6 is 0 Å². The highest BCUT2D eigenvalue weighted by Gasteiger charge is 2.08. The lowest BCUT2D eigenvalue weighted by Gasteiger charge is -1.90. The number of nitrogen functional groups attached to an aromatic ring is 1. The first-order valence-corrected chi connectivity index (χ1v) is 3.35. The number of hydrogen-bond acceptors (Lipinski definition) is 2. The summed E-state index contributed by atoms with van der Waals surface area (Å²) in [5, 5.41) is 8.53. The zero-order valence-corrected chi connectivity index (χ0v) is 6.22. The molecule has 1 heterocycles. The summed E-state index contributed by atoms with van der Waals surface area (Å²) < 4.78 is 0. The fraction of sp³-hybridized carbons (Fsp3) is 0.286. The van der Waals surface area contributed by atoms with Crippen LogP contribution in [0.2, 0.25) is 0 Å². The van der Waals surface area contributed by atoms with Gasteiger partial charge in [-0.2, -0.15) is 0 Å². The van der Waals surface area contributed by atoms with E-state index in [9.17, 15) is 4.79 Å². The average molecular weight is 154 g/mol. The molecule has 0 aliphatic carbocycles. The lowest BCUT2D eigenvalue weighted by atomic mass is 10.3. The maximum Gasteiger partial charge on any atom is 0.352 e. The van der Waals surface area contributed by atoms with Crippen LogP contribution in [0, 0.1) is 0 Å². The van der Waals surface area contributed by atoms with Gasteiger partial charge in [0.25, 0.3) is 0 Å². The van der Waals surface area contributed by atoms with Gasteiger partial charge in [-0.3, -0.25) is 0 Å². The summed E-state index contributed by atoms with van der Waals surface area (Å²) in [5.41, 5.74) is 6.95. The topological polar surface area (TPSA) is 79.1 Å². The molecule has 0 atom stereocenters. The number of aromatic carboxylic acids is 1. The minimum atomic E-state index is -0.976. The van der Waals surface area contributed by atoms with Crippen LogP contribution in [0.25, 0.3) is 0 Å². The molecule has 1 aromatic heterocycles. The Bertz CT molecular complexity index is 278. The van der Waals surface area contributed by atoms with Crippen molar-refractivity contribution in [1.29, 1.82) is 0 Å². The molecule has 4 heteroatoms. The number of rotatable bonds is 2. The molecule has 0 saturated heterocycles. The van der Waals surface area contributed by atoms with Gasteiger partial charge in [-0.1, -0.05) is 6.92 Å². The highest BCUT2D eigenvalue weighted by molar-refractivity contribution is 5.87. The first-order valence-electron chi connectivity index (χ1n) is 3.35. The largest absolute Gasteiger partial charge is 0.477 e. The number of nitrogens with one attached hydrogen (secondary N) is 1. The predicted molar refractivity (Wildman–Crippen MR) is 41.5 cm³/mol. The van der Waals surface area contributed by atoms with Crippen LogP contribution < -0.4 is 5.73 Å². The van der Waals surface area contributed by atoms with Gasteiger partial charge in [-0.15, -0.1) is 0 Å². The number of aryl methyl sites for hydroxylation is 1. The van der Waals surface area contributed by atoms with Crippen molar-refractivity contribution in [3.8, 4) is 0 Å². The summed E-state index contributed by atoms with van der Waals surface area (Å²) in [4.78, 5) is 13.1. The molecule has 11 heavy (non-hydrogen) atoms. The Labute approximate surface area is 64.0 Å². The van der Waals surface area contributed by atoms with Crippen molar-refractivity contribution in [1.82, 2.24) is 4.98 Å². The molecular weight excluding hydrogens is 144 g/mol. The Kier molecular flexibility index (Phi) is 1.85. The molecule has 0 saturated carbocycles. The molecule has 4 nitrogen and oxygen atoms in total. The first-order chi connectivity index (χ1) is 5.15. The van der Waals surface area contributed by atoms with Crippen LogP contribution in [0.15, 0.2) is 6.07 Å². The number of hydrogen-bond donors (Lipinski definition) is 3. The molecule has 0 aliphatic heterocycles. The summed E-state index contributed by atoms with van der Waals surface area (Å²) in [6, 6.07) is 1.43. The molecule has 0 amide bonds. The summed E-state index contributed by atoms with van der Waals surface area (Å²) in [6.07, 6.45) is 0.721. The highest BCUT2D eigenvalue weighted by Crippen LogP contribution is 2.13. The van der Waals surface area contributed by atoms with Crippen LogP contribution in [-0.2, 0) is 6.42 Å².